The molecule has 2 rings (SSSR count). The third kappa shape index (κ3) is 4.25. The number of aromatic amines is 1. The highest BCUT2D eigenvalue weighted by Gasteiger charge is 2.11. The van der Waals surface area contributed by atoms with Crippen LogP contribution in [0.1, 0.15) is 32.2 Å². The molecule has 0 aliphatic heterocycles. The van der Waals surface area contributed by atoms with E-state index < -0.39 is 0 Å². The molecule has 0 amide bonds. The number of pyridine rings is 1. The van der Waals surface area contributed by atoms with E-state index in [2.05, 4.69) is 41.3 Å². The summed E-state index contributed by atoms with van der Waals surface area (Å²) in [5.41, 5.74) is 0.703. The summed E-state index contributed by atoms with van der Waals surface area (Å²) >= 11 is 1.49. The van der Waals surface area contributed by atoms with Crippen LogP contribution in [0.25, 0.3) is 10.6 Å². The summed E-state index contributed by atoms with van der Waals surface area (Å²) in [6.07, 6.45) is 5.18. The maximum absolute atomic E-state index is 11.7. The Kier molecular flexibility index (Phi) is 4.67. The van der Waals surface area contributed by atoms with Gasteiger partial charge in [-0.2, -0.15) is 0 Å². The molecule has 2 aromatic heterocycles. The molecule has 0 spiro atoms. The fraction of sp³-hybridized carbons (Fsp3) is 0.500. The monoisotopic (exact) mass is 292 g/mol. The van der Waals surface area contributed by atoms with Crippen molar-refractivity contribution < 1.29 is 0 Å². The molecule has 0 aliphatic rings. The lowest BCUT2D eigenvalue weighted by atomic mass is 10.1. The zero-order chi connectivity index (χ0) is 14.6. The molecule has 0 unspecified atom stereocenters. The van der Waals surface area contributed by atoms with Crippen LogP contribution in [-0.2, 0) is 6.42 Å². The largest absolute Gasteiger partial charge is 0.367 e. The highest BCUT2D eigenvalue weighted by molar-refractivity contribution is 7.14. The molecule has 2 N–H and O–H groups in total. The molecule has 0 atom stereocenters. The van der Waals surface area contributed by atoms with Crippen LogP contribution >= 0.6 is 11.3 Å². The van der Waals surface area contributed by atoms with Crippen molar-refractivity contribution in [1.29, 1.82) is 0 Å². The van der Waals surface area contributed by atoms with Crippen molar-refractivity contribution in [2.24, 2.45) is 0 Å². The van der Waals surface area contributed by atoms with E-state index in [1.807, 2.05) is 0 Å². The SMILES string of the molecule is CC(C)(C)NCCCc1nnc(-c2c[nH]ccc2=O)s1. The Morgan fingerprint density at radius 1 is 1.35 bits per heavy atom. The minimum Gasteiger partial charge on any atom is -0.367 e. The van der Waals surface area contributed by atoms with Gasteiger partial charge in [0.05, 0.1) is 5.56 Å². The molecule has 0 bridgehead atoms. The summed E-state index contributed by atoms with van der Waals surface area (Å²) < 4.78 is 0. The average molecular weight is 292 g/mol. The summed E-state index contributed by atoms with van der Waals surface area (Å²) in [5.74, 6) is 0. The number of H-pyrrole nitrogens is 1. The number of hydrogen-bond acceptors (Lipinski definition) is 5. The number of aryl methyl sites for hydroxylation is 1. The molecule has 2 aromatic rings. The Morgan fingerprint density at radius 2 is 2.15 bits per heavy atom. The van der Waals surface area contributed by atoms with Crippen LogP contribution < -0.4 is 10.7 Å². The Hall–Kier alpha value is -1.53. The minimum atomic E-state index is -0.0270. The third-order valence-electron chi connectivity index (χ3n) is 2.74. The second-order valence-electron chi connectivity index (χ2n) is 5.70. The second-order valence-corrected chi connectivity index (χ2v) is 6.77. The average Bonchev–Trinajstić information content (AvgIpc) is 2.83. The first-order chi connectivity index (χ1) is 9.46. The van der Waals surface area contributed by atoms with Crippen LogP contribution in [0.3, 0.4) is 0 Å². The van der Waals surface area contributed by atoms with E-state index in [4.69, 9.17) is 0 Å². The Bertz CT molecular complexity index is 612. The highest BCUT2D eigenvalue weighted by Crippen LogP contribution is 2.20. The van der Waals surface area contributed by atoms with E-state index >= 15 is 0 Å². The van der Waals surface area contributed by atoms with Crippen molar-refractivity contribution in [3.63, 3.8) is 0 Å². The van der Waals surface area contributed by atoms with Gasteiger partial charge in [0.2, 0.25) is 0 Å². The first kappa shape index (κ1) is 14.9. The Balaban J connectivity index is 1.93. The van der Waals surface area contributed by atoms with Gasteiger partial charge in [-0.15, -0.1) is 10.2 Å². The van der Waals surface area contributed by atoms with E-state index in [0.717, 1.165) is 24.4 Å². The van der Waals surface area contributed by atoms with Crippen molar-refractivity contribution in [2.45, 2.75) is 39.2 Å². The van der Waals surface area contributed by atoms with Crippen molar-refractivity contribution in [3.05, 3.63) is 33.7 Å². The summed E-state index contributed by atoms with van der Waals surface area (Å²) in [6, 6.07) is 1.50. The van der Waals surface area contributed by atoms with Crippen LogP contribution in [-0.4, -0.2) is 27.3 Å². The molecule has 0 fully saturated rings. The first-order valence-electron chi connectivity index (χ1n) is 6.70. The summed E-state index contributed by atoms with van der Waals surface area (Å²) in [7, 11) is 0. The fourth-order valence-corrected chi connectivity index (χ4v) is 2.65. The predicted molar refractivity (Wildman–Crippen MR) is 82.0 cm³/mol. The van der Waals surface area contributed by atoms with Crippen LogP contribution in [0.15, 0.2) is 23.3 Å². The number of nitrogens with zero attached hydrogens (tertiary/aromatic N) is 2. The number of nitrogens with one attached hydrogen (secondary N) is 2. The minimum absolute atomic E-state index is 0.0270. The van der Waals surface area contributed by atoms with Crippen molar-refractivity contribution >= 4 is 11.3 Å². The molecule has 0 saturated heterocycles. The van der Waals surface area contributed by atoms with Gasteiger partial charge in [0.15, 0.2) is 10.4 Å². The molecule has 5 nitrogen and oxygen atoms in total. The summed E-state index contributed by atoms with van der Waals surface area (Å²) in [4.78, 5) is 14.6. The standard InChI is InChI=1S/C14H20N4OS/c1-14(2,3)16-7-4-5-12-17-18-13(20-12)10-9-15-8-6-11(10)19/h6,8-9,16H,4-5,7H2,1-3H3,(H,15,19). The quantitative estimate of drug-likeness (QED) is 0.829. The number of aromatic nitrogens is 3. The number of hydrogen-bond donors (Lipinski definition) is 2. The highest BCUT2D eigenvalue weighted by atomic mass is 32.1. The Morgan fingerprint density at radius 3 is 2.85 bits per heavy atom. The van der Waals surface area contributed by atoms with E-state index in [1.165, 1.54) is 17.4 Å². The summed E-state index contributed by atoms with van der Waals surface area (Å²) in [5, 5.41) is 13.4. The van der Waals surface area contributed by atoms with E-state index in [0.29, 0.717) is 10.6 Å². The normalized spacial score (nSPS) is 11.8. The Labute approximate surface area is 122 Å². The van der Waals surface area contributed by atoms with E-state index in [9.17, 15) is 4.79 Å². The lowest BCUT2D eigenvalue weighted by Crippen LogP contribution is -2.36. The molecule has 108 valence electrons. The van der Waals surface area contributed by atoms with Crippen LogP contribution in [0, 0.1) is 0 Å². The maximum Gasteiger partial charge on any atom is 0.191 e. The van der Waals surface area contributed by atoms with Gasteiger partial charge in [0, 0.05) is 30.4 Å². The van der Waals surface area contributed by atoms with Gasteiger partial charge in [-0.05, 0) is 33.7 Å². The summed E-state index contributed by atoms with van der Waals surface area (Å²) in [6.45, 7) is 7.40. The van der Waals surface area contributed by atoms with Gasteiger partial charge < -0.3 is 10.3 Å². The third-order valence-corrected chi connectivity index (χ3v) is 3.76. The van der Waals surface area contributed by atoms with Gasteiger partial charge in [-0.1, -0.05) is 11.3 Å². The van der Waals surface area contributed by atoms with Crippen LogP contribution in [0.4, 0.5) is 0 Å². The fourth-order valence-electron chi connectivity index (χ4n) is 1.75. The van der Waals surface area contributed by atoms with Gasteiger partial charge in [0.25, 0.3) is 0 Å². The topological polar surface area (TPSA) is 70.7 Å². The molecule has 0 radical (unpaired) electrons. The van der Waals surface area contributed by atoms with Gasteiger partial charge in [0.1, 0.15) is 5.01 Å². The van der Waals surface area contributed by atoms with Gasteiger partial charge in [-0.3, -0.25) is 4.79 Å². The molecule has 0 saturated carbocycles. The molecular formula is C14H20N4OS. The lowest BCUT2D eigenvalue weighted by Gasteiger charge is -2.20. The van der Waals surface area contributed by atoms with Crippen molar-refractivity contribution in [2.75, 3.05) is 6.54 Å². The second kappa shape index (κ2) is 6.28. The number of rotatable bonds is 5. The van der Waals surface area contributed by atoms with Gasteiger partial charge >= 0.3 is 0 Å². The van der Waals surface area contributed by atoms with Crippen LogP contribution in [0.2, 0.25) is 0 Å². The molecule has 6 heteroatoms. The van der Waals surface area contributed by atoms with E-state index in [1.54, 1.807) is 12.4 Å². The molecule has 20 heavy (non-hydrogen) atoms. The maximum atomic E-state index is 11.7. The van der Waals surface area contributed by atoms with Crippen molar-refractivity contribution in [1.82, 2.24) is 20.5 Å². The van der Waals surface area contributed by atoms with Gasteiger partial charge in [-0.25, -0.2) is 0 Å². The molecule has 0 aliphatic carbocycles. The molecular weight excluding hydrogens is 272 g/mol. The van der Waals surface area contributed by atoms with E-state index in [-0.39, 0.29) is 11.0 Å². The smallest absolute Gasteiger partial charge is 0.191 e. The zero-order valence-electron chi connectivity index (χ0n) is 12.1. The predicted octanol–water partition coefficient (Wildman–Crippen LogP) is 2.21. The van der Waals surface area contributed by atoms with Crippen LogP contribution in [0.5, 0.6) is 0 Å². The molecule has 0 aromatic carbocycles. The molecule has 2 heterocycles. The lowest BCUT2D eigenvalue weighted by molar-refractivity contribution is 0.422. The van der Waals surface area contributed by atoms with Crippen molar-refractivity contribution in [3.8, 4) is 10.6 Å². The zero-order valence-corrected chi connectivity index (χ0v) is 12.9. The first-order valence-corrected chi connectivity index (χ1v) is 7.52.